The van der Waals surface area contributed by atoms with Gasteiger partial charge in [0.05, 0.1) is 6.26 Å². The maximum absolute atomic E-state index is 5.87. The van der Waals surface area contributed by atoms with Gasteiger partial charge in [-0.2, -0.15) is 0 Å². The zero-order valence-corrected chi connectivity index (χ0v) is 18.5. The number of aromatic nitrogens is 3. The summed E-state index contributed by atoms with van der Waals surface area (Å²) in [5.41, 5.74) is 2.13. The van der Waals surface area contributed by atoms with Crippen molar-refractivity contribution >= 4 is 81.8 Å². The minimum atomic E-state index is -1.90. The Hall–Kier alpha value is -1.01. The van der Waals surface area contributed by atoms with Crippen LogP contribution in [0.3, 0.4) is 0 Å². The largest absolute Gasteiger partial charge is 0.465 e. The van der Waals surface area contributed by atoms with Gasteiger partial charge in [-0.3, -0.25) is 0 Å². The van der Waals surface area contributed by atoms with Crippen LogP contribution in [0.15, 0.2) is 47.1 Å². The van der Waals surface area contributed by atoms with E-state index in [0.717, 1.165) is 11.1 Å². The molecule has 3 rings (SSSR count). The van der Waals surface area contributed by atoms with Crippen LogP contribution in [0.1, 0.15) is 34.4 Å². The van der Waals surface area contributed by atoms with Crippen molar-refractivity contribution in [2.24, 2.45) is 0 Å². The van der Waals surface area contributed by atoms with Gasteiger partial charge in [-0.25, -0.2) is 15.0 Å². The molecule has 0 amide bonds. The molecule has 0 spiro atoms. The smallest absolute Gasteiger partial charge is 0.250 e. The Bertz CT molecular complexity index is 945. The lowest BCUT2D eigenvalue weighted by Crippen LogP contribution is -2.16. The third-order valence-electron chi connectivity index (χ3n) is 3.56. The number of benzene rings is 1. The van der Waals surface area contributed by atoms with E-state index >= 15 is 0 Å². The van der Waals surface area contributed by atoms with Crippen molar-refractivity contribution < 1.29 is 4.42 Å². The Balaban J connectivity index is 1.92. The zero-order chi connectivity index (χ0) is 20.4. The van der Waals surface area contributed by atoms with Crippen LogP contribution in [0, 0.1) is 0 Å². The minimum absolute atomic E-state index is 0.153. The molecule has 3 aromatic rings. The summed E-state index contributed by atoms with van der Waals surface area (Å²) in [6, 6.07) is 11.9. The second-order valence-corrected chi connectivity index (χ2v) is 10.2. The third kappa shape index (κ3) is 5.76. The average molecular weight is 498 g/mol. The molecule has 146 valence electrons. The van der Waals surface area contributed by atoms with Gasteiger partial charge in [0.2, 0.25) is 7.59 Å². The normalized spacial score (nSPS) is 12.6. The fraction of sp³-hybridized carbons (Fsp3) is 0.167. The minimum Gasteiger partial charge on any atom is -0.465 e. The van der Waals surface area contributed by atoms with Gasteiger partial charge in [0, 0.05) is 12.0 Å². The van der Waals surface area contributed by atoms with Gasteiger partial charge in [-0.1, -0.05) is 99.9 Å². The summed E-state index contributed by atoms with van der Waals surface area (Å²) in [6.07, 6.45) is 5.56. The number of hydrogen-bond acceptors (Lipinski definition) is 4. The molecule has 0 N–H and O–H groups in total. The van der Waals surface area contributed by atoms with Crippen LogP contribution in [-0.2, 0) is 14.0 Å². The van der Waals surface area contributed by atoms with Crippen molar-refractivity contribution in [1.29, 1.82) is 0 Å². The molecule has 0 radical (unpaired) electrons. The Morgan fingerprint density at radius 2 is 1.39 bits per heavy atom. The molecule has 0 fully saturated rings. The average Bonchev–Trinajstić information content (AvgIpc) is 3.06. The Kier molecular flexibility index (Phi) is 6.80. The third-order valence-corrected chi connectivity index (χ3v) is 4.58. The Labute approximate surface area is 191 Å². The maximum atomic E-state index is 5.87. The van der Waals surface area contributed by atoms with Crippen LogP contribution >= 0.6 is 69.6 Å². The van der Waals surface area contributed by atoms with Crippen molar-refractivity contribution in [2.45, 2.75) is 14.0 Å². The molecular weight excluding hydrogens is 487 g/mol. The number of rotatable bonds is 4. The molecule has 1 aromatic carbocycles. The van der Waals surface area contributed by atoms with Gasteiger partial charge in [0.1, 0.15) is 5.76 Å². The SMILES string of the molecule is ClC(Cl)(Cl)c1nc(/C=C/c2occc2Cc2ccccc2)nc(C(Cl)(Cl)Cl)n1. The van der Waals surface area contributed by atoms with Crippen molar-refractivity contribution in [3.63, 3.8) is 0 Å². The quantitative estimate of drug-likeness (QED) is 0.369. The van der Waals surface area contributed by atoms with E-state index in [1.165, 1.54) is 0 Å². The number of furan rings is 1. The van der Waals surface area contributed by atoms with Crippen LogP contribution in [0.25, 0.3) is 12.2 Å². The standard InChI is InChI=1S/C18H11Cl6N3O/c19-17(20,21)15-25-14(26-16(27-15)18(22,23)24)7-6-13-12(8-9-28-13)10-11-4-2-1-3-5-11/h1-9H,10H2/b7-6+. The number of nitrogens with zero attached hydrogens (tertiary/aromatic N) is 3. The van der Waals surface area contributed by atoms with E-state index in [9.17, 15) is 0 Å². The van der Waals surface area contributed by atoms with Crippen LogP contribution in [0.5, 0.6) is 0 Å². The maximum Gasteiger partial charge on any atom is 0.250 e. The summed E-state index contributed by atoms with van der Waals surface area (Å²) in [5, 5.41) is 0. The van der Waals surface area contributed by atoms with Crippen molar-refractivity contribution in [3.05, 3.63) is 77.0 Å². The highest BCUT2D eigenvalue weighted by Crippen LogP contribution is 2.40. The fourth-order valence-corrected chi connectivity index (χ4v) is 2.83. The molecule has 2 aromatic heterocycles. The summed E-state index contributed by atoms with van der Waals surface area (Å²) < 4.78 is 1.73. The molecule has 0 saturated carbocycles. The molecular formula is C18H11Cl6N3O. The topological polar surface area (TPSA) is 51.8 Å². The molecule has 0 saturated heterocycles. The predicted molar refractivity (Wildman–Crippen MR) is 115 cm³/mol. The van der Waals surface area contributed by atoms with Crippen LogP contribution in [0.2, 0.25) is 0 Å². The second kappa shape index (κ2) is 8.78. The fourth-order valence-electron chi connectivity index (χ4n) is 2.33. The van der Waals surface area contributed by atoms with Gasteiger partial charge in [-0.05, 0) is 23.8 Å². The number of hydrogen-bond donors (Lipinski definition) is 0. The monoisotopic (exact) mass is 495 g/mol. The first-order valence-corrected chi connectivity index (χ1v) is 10.1. The molecule has 0 aliphatic rings. The first-order chi connectivity index (χ1) is 13.1. The highest BCUT2D eigenvalue weighted by atomic mass is 35.6. The van der Waals surface area contributed by atoms with Crippen LogP contribution < -0.4 is 0 Å². The molecule has 10 heteroatoms. The summed E-state index contributed by atoms with van der Waals surface area (Å²) in [6.45, 7) is 0. The summed E-state index contributed by atoms with van der Waals surface area (Å²) in [4.78, 5) is 12.1. The molecule has 0 bridgehead atoms. The van der Waals surface area contributed by atoms with E-state index in [1.54, 1.807) is 18.4 Å². The first kappa shape index (κ1) is 21.7. The molecule has 0 unspecified atom stereocenters. The van der Waals surface area contributed by atoms with Crippen molar-refractivity contribution in [1.82, 2.24) is 15.0 Å². The van der Waals surface area contributed by atoms with Crippen molar-refractivity contribution in [2.75, 3.05) is 0 Å². The van der Waals surface area contributed by atoms with Gasteiger partial charge < -0.3 is 4.42 Å². The van der Waals surface area contributed by atoms with E-state index in [2.05, 4.69) is 15.0 Å². The summed E-state index contributed by atoms with van der Waals surface area (Å²) in [5.74, 6) is 0.477. The van der Waals surface area contributed by atoms with Gasteiger partial charge >= 0.3 is 0 Å². The molecule has 0 atom stereocenters. The van der Waals surface area contributed by atoms with Crippen LogP contribution in [-0.4, -0.2) is 15.0 Å². The van der Waals surface area contributed by atoms with Crippen LogP contribution in [0.4, 0.5) is 0 Å². The van der Waals surface area contributed by atoms with Gasteiger partial charge in [-0.15, -0.1) is 0 Å². The summed E-state index contributed by atoms with van der Waals surface area (Å²) in [7, 11) is 0. The molecule has 28 heavy (non-hydrogen) atoms. The second-order valence-electron chi connectivity index (χ2n) is 5.64. The number of halogens is 6. The van der Waals surface area contributed by atoms with E-state index in [0.29, 0.717) is 12.2 Å². The molecule has 2 heterocycles. The van der Waals surface area contributed by atoms with Gasteiger partial charge in [0.15, 0.2) is 17.5 Å². The van der Waals surface area contributed by atoms with E-state index in [-0.39, 0.29) is 17.5 Å². The lowest BCUT2D eigenvalue weighted by Gasteiger charge is -2.14. The van der Waals surface area contributed by atoms with E-state index in [1.807, 2.05) is 36.4 Å². The predicted octanol–water partition coefficient (Wildman–Crippen LogP) is 6.88. The molecule has 4 nitrogen and oxygen atoms in total. The zero-order valence-electron chi connectivity index (χ0n) is 13.9. The highest BCUT2D eigenvalue weighted by molar-refractivity contribution is 6.67. The Morgan fingerprint density at radius 1 is 0.786 bits per heavy atom. The first-order valence-electron chi connectivity index (χ1n) is 7.82. The highest BCUT2D eigenvalue weighted by Gasteiger charge is 2.33. The lowest BCUT2D eigenvalue weighted by atomic mass is 10.1. The van der Waals surface area contributed by atoms with Crippen molar-refractivity contribution in [3.8, 4) is 0 Å². The molecule has 0 aliphatic heterocycles. The molecule has 0 aliphatic carbocycles. The number of alkyl halides is 6. The van der Waals surface area contributed by atoms with Gasteiger partial charge in [0.25, 0.3) is 0 Å². The summed E-state index contributed by atoms with van der Waals surface area (Å²) >= 11 is 35.2. The lowest BCUT2D eigenvalue weighted by molar-refractivity contribution is 0.554. The van der Waals surface area contributed by atoms with E-state index < -0.39 is 7.59 Å². The van der Waals surface area contributed by atoms with E-state index in [4.69, 9.17) is 74.0 Å². The Morgan fingerprint density at radius 3 is 1.96 bits per heavy atom.